The predicted octanol–water partition coefficient (Wildman–Crippen LogP) is 0.698. The fourth-order valence-electron chi connectivity index (χ4n) is 1.22. The van der Waals surface area contributed by atoms with Crippen molar-refractivity contribution in [1.29, 1.82) is 0 Å². The summed E-state index contributed by atoms with van der Waals surface area (Å²) in [7, 11) is 1.60. The highest BCUT2D eigenvalue weighted by Gasteiger charge is 2.12. The lowest BCUT2D eigenvalue weighted by Gasteiger charge is -2.03. The molecule has 3 N–H and O–H groups in total. The van der Waals surface area contributed by atoms with Gasteiger partial charge in [0.25, 0.3) is 11.9 Å². The number of nitrogens with two attached hydrogens (primary N) is 1. The van der Waals surface area contributed by atoms with Gasteiger partial charge in [0.15, 0.2) is 0 Å². The molecule has 0 unspecified atom stereocenters. The highest BCUT2D eigenvalue weighted by molar-refractivity contribution is 6.34. The van der Waals surface area contributed by atoms with Crippen LogP contribution >= 0.6 is 11.6 Å². The zero-order valence-electron chi connectivity index (χ0n) is 8.88. The van der Waals surface area contributed by atoms with E-state index < -0.39 is 5.91 Å². The number of anilines is 2. The summed E-state index contributed by atoms with van der Waals surface area (Å²) in [6.07, 6.45) is 0. The van der Waals surface area contributed by atoms with Gasteiger partial charge in [0.05, 0.1) is 17.6 Å². The number of hydrogen-bond acceptors (Lipinski definition) is 5. The number of carbonyl (C=O) groups excluding carboxylic acids is 1. The molecular formula is C9H9ClN6O. The van der Waals surface area contributed by atoms with Crippen LogP contribution in [0.4, 0.5) is 11.6 Å². The quantitative estimate of drug-likeness (QED) is 0.767. The zero-order chi connectivity index (χ0) is 12.4. The van der Waals surface area contributed by atoms with Crippen molar-refractivity contribution in [1.82, 2.24) is 20.2 Å². The number of aryl methyl sites for hydroxylation is 1. The van der Waals surface area contributed by atoms with Gasteiger partial charge < -0.3 is 5.73 Å². The van der Waals surface area contributed by atoms with Gasteiger partial charge in [-0.05, 0) is 23.4 Å². The first-order valence-electron chi connectivity index (χ1n) is 4.66. The van der Waals surface area contributed by atoms with E-state index in [0.717, 1.165) is 0 Å². The average Bonchev–Trinajstić information content (AvgIpc) is 2.63. The summed E-state index contributed by atoms with van der Waals surface area (Å²) < 4.78 is 0. The number of hydrogen-bond donors (Lipinski definition) is 2. The molecule has 0 atom stereocenters. The molecule has 88 valence electrons. The Morgan fingerprint density at radius 3 is 2.88 bits per heavy atom. The molecule has 0 saturated heterocycles. The van der Waals surface area contributed by atoms with E-state index in [2.05, 4.69) is 20.7 Å². The fourth-order valence-corrected chi connectivity index (χ4v) is 1.49. The highest BCUT2D eigenvalue weighted by atomic mass is 35.5. The van der Waals surface area contributed by atoms with Gasteiger partial charge in [-0.3, -0.25) is 10.1 Å². The van der Waals surface area contributed by atoms with Crippen LogP contribution in [0.5, 0.6) is 0 Å². The van der Waals surface area contributed by atoms with Crippen LogP contribution < -0.4 is 11.1 Å². The Morgan fingerprint density at radius 2 is 2.29 bits per heavy atom. The molecule has 0 aliphatic rings. The highest BCUT2D eigenvalue weighted by Crippen LogP contribution is 2.19. The minimum atomic E-state index is -0.414. The lowest BCUT2D eigenvalue weighted by atomic mass is 10.2. The monoisotopic (exact) mass is 252 g/mol. The van der Waals surface area contributed by atoms with Crippen molar-refractivity contribution in [2.75, 3.05) is 11.1 Å². The van der Waals surface area contributed by atoms with Gasteiger partial charge in [0.2, 0.25) is 0 Å². The number of amides is 1. The van der Waals surface area contributed by atoms with Gasteiger partial charge in [0.1, 0.15) is 0 Å². The Balaban J connectivity index is 2.20. The lowest BCUT2D eigenvalue weighted by Crippen LogP contribution is -2.14. The maximum absolute atomic E-state index is 11.8. The van der Waals surface area contributed by atoms with Crippen molar-refractivity contribution < 1.29 is 4.79 Å². The molecule has 8 heteroatoms. The molecule has 1 aromatic heterocycles. The SMILES string of the molecule is Cn1nnc(NC(=O)c2ccc(N)cc2Cl)n1. The maximum Gasteiger partial charge on any atom is 0.270 e. The number of rotatable bonds is 2. The van der Waals surface area contributed by atoms with E-state index in [1.165, 1.54) is 16.9 Å². The number of aromatic nitrogens is 4. The first kappa shape index (κ1) is 11.3. The smallest absolute Gasteiger partial charge is 0.270 e. The predicted molar refractivity (Wildman–Crippen MR) is 62.6 cm³/mol. The third-order valence-electron chi connectivity index (χ3n) is 1.97. The normalized spacial score (nSPS) is 10.2. The molecule has 1 heterocycles. The second-order valence-electron chi connectivity index (χ2n) is 3.30. The summed E-state index contributed by atoms with van der Waals surface area (Å²) in [5, 5.41) is 13.8. The van der Waals surface area contributed by atoms with Gasteiger partial charge in [0, 0.05) is 5.69 Å². The van der Waals surface area contributed by atoms with E-state index in [1.807, 2.05) is 0 Å². The van der Waals surface area contributed by atoms with Crippen LogP contribution in [-0.2, 0) is 7.05 Å². The van der Waals surface area contributed by atoms with Gasteiger partial charge in [-0.1, -0.05) is 16.7 Å². The number of benzene rings is 1. The number of halogens is 1. The molecule has 2 aromatic rings. The topological polar surface area (TPSA) is 98.7 Å². The Bertz CT molecular complexity index is 566. The third kappa shape index (κ3) is 2.51. The third-order valence-corrected chi connectivity index (χ3v) is 2.28. The van der Waals surface area contributed by atoms with Crippen LogP contribution in [0.3, 0.4) is 0 Å². The molecule has 0 aliphatic heterocycles. The van der Waals surface area contributed by atoms with E-state index in [0.29, 0.717) is 11.3 Å². The standard InChI is InChI=1S/C9H9ClN6O/c1-16-14-9(13-15-16)12-8(17)6-3-2-5(11)4-7(6)10/h2-4H,11H2,1H3,(H,12,14,17). The van der Waals surface area contributed by atoms with Crippen molar-refractivity contribution in [3.05, 3.63) is 28.8 Å². The second-order valence-corrected chi connectivity index (χ2v) is 3.70. The second kappa shape index (κ2) is 4.38. The molecule has 1 aromatic carbocycles. The largest absolute Gasteiger partial charge is 0.399 e. The molecule has 2 rings (SSSR count). The van der Waals surface area contributed by atoms with Crippen LogP contribution in [0, 0.1) is 0 Å². The molecule has 0 saturated carbocycles. The first-order chi connectivity index (χ1) is 8.06. The summed E-state index contributed by atoms with van der Waals surface area (Å²) in [6.45, 7) is 0. The summed E-state index contributed by atoms with van der Waals surface area (Å²) in [5.41, 5.74) is 6.32. The van der Waals surface area contributed by atoms with Crippen LogP contribution in [0.1, 0.15) is 10.4 Å². The van der Waals surface area contributed by atoms with Crippen LogP contribution in [0.15, 0.2) is 18.2 Å². The first-order valence-corrected chi connectivity index (χ1v) is 5.04. The van der Waals surface area contributed by atoms with Crippen LogP contribution in [-0.4, -0.2) is 26.1 Å². The van der Waals surface area contributed by atoms with Crippen molar-refractivity contribution in [2.45, 2.75) is 0 Å². The van der Waals surface area contributed by atoms with Gasteiger partial charge >= 0.3 is 0 Å². The van der Waals surface area contributed by atoms with Crippen molar-refractivity contribution in [3.8, 4) is 0 Å². The summed E-state index contributed by atoms with van der Waals surface area (Å²) in [5.74, 6) is -0.298. The minimum Gasteiger partial charge on any atom is -0.399 e. The lowest BCUT2D eigenvalue weighted by molar-refractivity contribution is 0.102. The number of tetrazole rings is 1. The van der Waals surface area contributed by atoms with Crippen molar-refractivity contribution >= 4 is 29.1 Å². The van der Waals surface area contributed by atoms with Crippen LogP contribution in [0.25, 0.3) is 0 Å². The summed E-state index contributed by atoms with van der Waals surface area (Å²) in [6, 6.07) is 4.62. The number of nitrogen functional groups attached to an aromatic ring is 1. The summed E-state index contributed by atoms with van der Waals surface area (Å²) >= 11 is 5.89. The average molecular weight is 253 g/mol. The van der Waals surface area contributed by atoms with E-state index in [9.17, 15) is 4.79 Å². The molecule has 0 spiro atoms. The molecule has 0 aliphatic carbocycles. The summed E-state index contributed by atoms with van der Waals surface area (Å²) in [4.78, 5) is 13.0. The molecule has 0 radical (unpaired) electrons. The van der Waals surface area contributed by atoms with Gasteiger partial charge in [-0.25, -0.2) is 0 Å². The Hall–Kier alpha value is -2.15. The van der Waals surface area contributed by atoms with E-state index in [-0.39, 0.29) is 11.0 Å². The molecule has 0 bridgehead atoms. The van der Waals surface area contributed by atoms with Crippen molar-refractivity contribution in [2.24, 2.45) is 7.05 Å². The van der Waals surface area contributed by atoms with Gasteiger partial charge in [-0.15, -0.1) is 5.10 Å². The van der Waals surface area contributed by atoms with Gasteiger partial charge in [-0.2, -0.15) is 4.80 Å². The maximum atomic E-state index is 11.8. The number of nitrogens with one attached hydrogen (secondary N) is 1. The Morgan fingerprint density at radius 1 is 1.53 bits per heavy atom. The fraction of sp³-hybridized carbons (Fsp3) is 0.111. The van der Waals surface area contributed by atoms with E-state index in [1.54, 1.807) is 13.1 Å². The number of nitrogens with zero attached hydrogens (tertiary/aromatic N) is 4. The molecule has 0 fully saturated rings. The zero-order valence-corrected chi connectivity index (χ0v) is 9.64. The Labute approximate surface area is 102 Å². The van der Waals surface area contributed by atoms with E-state index >= 15 is 0 Å². The van der Waals surface area contributed by atoms with Crippen LogP contribution in [0.2, 0.25) is 5.02 Å². The molecule has 17 heavy (non-hydrogen) atoms. The van der Waals surface area contributed by atoms with E-state index in [4.69, 9.17) is 17.3 Å². The molecule has 7 nitrogen and oxygen atoms in total. The minimum absolute atomic E-state index is 0.116. The number of carbonyl (C=O) groups is 1. The molecule has 1 amide bonds. The van der Waals surface area contributed by atoms with Crippen molar-refractivity contribution in [3.63, 3.8) is 0 Å². The Kier molecular flexibility index (Phi) is 2.92. The molecular weight excluding hydrogens is 244 g/mol.